The van der Waals surface area contributed by atoms with Crippen LogP contribution in [-0.2, 0) is 18.7 Å². The molecule has 2 aliphatic rings. The van der Waals surface area contributed by atoms with Crippen LogP contribution in [0, 0.1) is 0 Å². The Balaban J connectivity index is 1.25. The van der Waals surface area contributed by atoms with Crippen LogP contribution in [0.3, 0.4) is 0 Å². The maximum Gasteiger partial charge on any atom is 0.253 e. The number of rotatable bonds is 8. The number of halogens is 1. The van der Waals surface area contributed by atoms with Crippen LogP contribution < -0.4 is 14.4 Å². The summed E-state index contributed by atoms with van der Waals surface area (Å²) in [6.45, 7) is 8.09. The van der Waals surface area contributed by atoms with Gasteiger partial charge in [0.15, 0.2) is 16.7 Å². The van der Waals surface area contributed by atoms with Crippen molar-refractivity contribution in [2.24, 2.45) is 0 Å². The highest BCUT2D eigenvalue weighted by Gasteiger charge is 2.23. The highest BCUT2D eigenvalue weighted by Crippen LogP contribution is 2.35. The van der Waals surface area contributed by atoms with Crippen molar-refractivity contribution in [2.75, 3.05) is 58.4 Å². The number of anilines is 1. The number of benzene rings is 2. The van der Waals surface area contributed by atoms with E-state index in [1.165, 1.54) is 22.9 Å². The van der Waals surface area contributed by atoms with Gasteiger partial charge in [-0.1, -0.05) is 42.4 Å². The van der Waals surface area contributed by atoms with Crippen molar-refractivity contribution < 1.29 is 14.3 Å². The summed E-state index contributed by atoms with van der Waals surface area (Å²) in [6, 6.07) is 13.8. The van der Waals surface area contributed by atoms with E-state index in [1.807, 2.05) is 41.3 Å². The molecule has 0 N–H and O–H groups in total. The number of aromatic nitrogens is 2. The van der Waals surface area contributed by atoms with Crippen LogP contribution in [0.25, 0.3) is 0 Å². The van der Waals surface area contributed by atoms with Gasteiger partial charge in [-0.2, -0.15) is 0 Å². The number of likely N-dealkylation sites (N-methyl/N-ethyl adjacent to an activating group) is 1. The summed E-state index contributed by atoms with van der Waals surface area (Å²) in [6.07, 6.45) is 0.869. The Morgan fingerprint density at radius 1 is 0.974 bits per heavy atom. The average molecular weight is 568 g/mol. The van der Waals surface area contributed by atoms with E-state index < -0.39 is 0 Å². The average Bonchev–Trinajstić information content (AvgIpc) is 2.98. The Hall–Kier alpha value is -3.01. The quantitative estimate of drug-likeness (QED) is 0.219. The van der Waals surface area contributed by atoms with Crippen molar-refractivity contribution in [3.63, 3.8) is 0 Å². The highest BCUT2D eigenvalue weighted by atomic mass is 35.5. The summed E-state index contributed by atoms with van der Waals surface area (Å²) in [7, 11) is 3.31. The minimum atomic E-state index is 0.0959. The molecule has 3 heterocycles. The van der Waals surface area contributed by atoms with Crippen molar-refractivity contribution in [3.05, 3.63) is 69.9 Å². The first-order valence-corrected chi connectivity index (χ1v) is 14.6. The van der Waals surface area contributed by atoms with Crippen LogP contribution >= 0.6 is 23.4 Å². The van der Waals surface area contributed by atoms with E-state index >= 15 is 0 Å². The molecule has 1 fully saturated rings. The first kappa shape index (κ1) is 27.6. The summed E-state index contributed by atoms with van der Waals surface area (Å²) in [5.74, 6) is 3.01. The summed E-state index contributed by atoms with van der Waals surface area (Å²) in [5, 5.41) is 1.03. The van der Waals surface area contributed by atoms with Crippen LogP contribution in [0.1, 0.15) is 34.0 Å². The topological polar surface area (TPSA) is 71.0 Å². The van der Waals surface area contributed by atoms with Crippen LogP contribution in [0.4, 0.5) is 5.82 Å². The van der Waals surface area contributed by atoms with E-state index in [2.05, 4.69) is 27.8 Å². The number of nitrogens with zero attached hydrogens (tertiary/aromatic N) is 5. The summed E-state index contributed by atoms with van der Waals surface area (Å²) < 4.78 is 11.0. The maximum atomic E-state index is 13.1. The van der Waals surface area contributed by atoms with Crippen molar-refractivity contribution in [2.45, 2.75) is 30.8 Å². The molecule has 0 spiro atoms. The molecule has 3 aromatic rings. The summed E-state index contributed by atoms with van der Waals surface area (Å²) >= 11 is 7.95. The standard InChI is InChI=1S/C29H34ClN5O3S/c1-4-33-10-12-34(13-11-33)28(36)22-7-5-6-20(14-22)19-39-29-31-26(30)17-27(32-29)35-9-8-21-15-24(37-2)25(38-3)16-23(21)18-35/h5-7,14-17H,4,8-13,18-19H2,1-3H3. The molecule has 0 unspecified atom stereocenters. The molecule has 1 amide bonds. The third-order valence-corrected chi connectivity index (χ3v) is 8.46. The van der Waals surface area contributed by atoms with Crippen LogP contribution in [0.15, 0.2) is 47.6 Å². The van der Waals surface area contributed by atoms with Gasteiger partial charge in [0.1, 0.15) is 11.0 Å². The Morgan fingerprint density at radius 2 is 1.72 bits per heavy atom. The number of thioether (sulfide) groups is 1. The van der Waals surface area contributed by atoms with Crippen molar-refractivity contribution in [1.29, 1.82) is 0 Å². The van der Waals surface area contributed by atoms with E-state index in [0.29, 0.717) is 22.6 Å². The number of ether oxygens (including phenoxy) is 2. The Morgan fingerprint density at radius 3 is 2.44 bits per heavy atom. The van der Waals surface area contributed by atoms with Crippen LogP contribution in [0.2, 0.25) is 5.15 Å². The second-order valence-electron chi connectivity index (χ2n) is 9.69. The van der Waals surface area contributed by atoms with Gasteiger partial charge < -0.3 is 24.2 Å². The molecule has 2 aromatic carbocycles. The van der Waals surface area contributed by atoms with Crippen molar-refractivity contribution >= 4 is 35.1 Å². The molecule has 5 rings (SSSR count). The lowest BCUT2D eigenvalue weighted by Crippen LogP contribution is -2.48. The zero-order chi connectivity index (χ0) is 27.4. The lowest BCUT2D eigenvalue weighted by Gasteiger charge is -2.34. The monoisotopic (exact) mass is 567 g/mol. The molecule has 0 saturated carbocycles. The fourth-order valence-electron chi connectivity index (χ4n) is 5.08. The Kier molecular flexibility index (Phi) is 8.79. The molecule has 8 nitrogen and oxygen atoms in total. The number of fused-ring (bicyclic) bond motifs is 1. The lowest BCUT2D eigenvalue weighted by atomic mass is 9.99. The van der Waals surface area contributed by atoms with Crippen molar-refractivity contribution in [3.8, 4) is 11.5 Å². The predicted molar refractivity (Wildman–Crippen MR) is 155 cm³/mol. The number of carbonyl (C=O) groups is 1. The van der Waals surface area contributed by atoms with Gasteiger partial charge in [-0.05, 0) is 53.9 Å². The molecule has 0 atom stereocenters. The van der Waals surface area contributed by atoms with E-state index in [0.717, 1.165) is 74.1 Å². The van der Waals surface area contributed by atoms with Crippen molar-refractivity contribution in [1.82, 2.24) is 19.8 Å². The van der Waals surface area contributed by atoms with Gasteiger partial charge >= 0.3 is 0 Å². The van der Waals surface area contributed by atoms with Crippen LogP contribution in [0.5, 0.6) is 11.5 Å². The third kappa shape index (κ3) is 6.42. The Labute approximate surface area is 239 Å². The number of carbonyl (C=O) groups excluding carboxylic acids is 1. The molecule has 39 heavy (non-hydrogen) atoms. The second-order valence-corrected chi connectivity index (χ2v) is 11.0. The fourth-order valence-corrected chi connectivity index (χ4v) is 6.11. The lowest BCUT2D eigenvalue weighted by molar-refractivity contribution is 0.0643. The number of amides is 1. The number of piperazine rings is 1. The first-order valence-electron chi connectivity index (χ1n) is 13.2. The van der Waals surface area contributed by atoms with Gasteiger partial charge in [0, 0.05) is 56.7 Å². The van der Waals surface area contributed by atoms with E-state index in [9.17, 15) is 4.79 Å². The molecular formula is C29H34ClN5O3S. The smallest absolute Gasteiger partial charge is 0.253 e. The summed E-state index contributed by atoms with van der Waals surface area (Å²) in [5.41, 5.74) is 4.21. The fraction of sp³-hybridized carbons (Fsp3) is 0.414. The van der Waals surface area contributed by atoms with Gasteiger partial charge in [0.05, 0.1) is 14.2 Å². The normalized spacial score (nSPS) is 15.7. The first-order chi connectivity index (χ1) is 19.0. The molecule has 0 bridgehead atoms. The molecule has 10 heteroatoms. The largest absolute Gasteiger partial charge is 0.493 e. The maximum absolute atomic E-state index is 13.1. The van der Waals surface area contributed by atoms with E-state index in [-0.39, 0.29) is 5.91 Å². The van der Waals surface area contributed by atoms with E-state index in [1.54, 1.807) is 14.2 Å². The zero-order valence-electron chi connectivity index (χ0n) is 22.7. The van der Waals surface area contributed by atoms with Gasteiger partial charge in [0.25, 0.3) is 5.91 Å². The highest BCUT2D eigenvalue weighted by molar-refractivity contribution is 7.98. The minimum absolute atomic E-state index is 0.0959. The minimum Gasteiger partial charge on any atom is -0.493 e. The zero-order valence-corrected chi connectivity index (χ0v) is 24.2. The van der Waals surface area contributed by atoms with Crippen LogP contribution in [-0.4, -0.2) is 79.2 Å². The van der Waals surface area contributed by atoms with Gasteiger partial charge in [-0.25, -0.2) is 9.97 Å². The second kappa shape index (κ2) is 12.4. The van der Waals surface area contributed by atoms with Gasteiger partial charge in [-0.15, -0.1) is 0 Å². The molecule has 2 aliphatic heterocycles. The SMILES string of the molecule is CCN1CCN(C(=O)c2cccc(CSc3nc(Cl)cc(N4CCc5cc(OC)c(OC)cc5C4)n3)c2)CC1. The third-order valence-electron chi connectivity index (χ3n) is 7.35. The Bertz CT molecular complexity index is 1330. The number of hydrogen-bond acceptors (Lipinski definition) is 8. The van der Waals surface area contributed by atoms with Gasteiger partial charge in [0.2, 0.25) is 0 Å². The molecule has 1 saturated heterocycles. The molecule has 0 aliphatic carbocycles. The van der Waals surface area contributed by atoms with Gasteiger partial charge in [-0.3, -0.25) is 4.79 Å². The summed E-state index contributed by atoms with van der Waals surface area (Å²) in [4.78, 5) is 28.9. The molecule has 206 valence electrons. The molecule has 0 radical (unpaired) electrons. The molecular weight excluding hydrogens is 534 g/mol. The predicted octanol–water partition coefficient (Wildman–Crippen LogP) is 4.78. The molecule has 1 aromatic heterocycles. The van der Waals surface area contributed by atoms with E-state index in [4.69, 9.17) is 26.1 Å². The number of methoxy groups -OCH3 is 2. The number of hydrogen-bond donors (Lipinski definition) is 0.